The van der Waals surface area contributed by atoms with Crippen LogP contribution in [0.3, 0.4) is 0 Å². The third-order valence-corrected chi connectivity index (χ3v) is 3.96. The fourth-order valence-corrected chi connectivity index (χ4v) is 2.62. The molecular formula is C18H31ClN2O. The summed E-state index contributed by atoms with van der Waals surface area (Å²) in [6.07, 6.45) is 4.84. The molecule has 0 spiro atoms. The molecule has 0 heterocycles. The highest BCUT2D eigenvalue weighted by atomic mass is 35.5. The zero-order valence-electron chi connectivity index (χ0n) is 14.2. The maximum atomic E-state index is 11.9. The van der Waals surface area contributed by atoms with Crippen molar-refractivity contribution in [2.75, 3.05) is 13.1 Å². The molecule has 1 aromatic carbocycles. The Labute approximate surface area is 141 Å². The second-order valence-corrected chi connectivity index (χ2v) is 6.43. The fraction of sp³-hybridized carbons (Fsp3) is 0.611. The molecule has 0 aliphatic rings. The van der Waals surface area contributed by atoms with E-state index in [1.807, 2.05) is 0 Å². The zero-order valence-corrected chi connectivity index (χ0v) is 15.0. The first-order valence-electron chi connectivity index (χ1n) is 8.00. The molecule has 1 rings (SSSR count). The van der Waals surface area contributed by atoms with Gasteiger partial charge in [-0.2, -0.15) is 0 Å². The molecule has 0 aliphatic heterocycles. The Morgan fingerprint density at radius 2 is 1.77 bits per heavy atom. The van der Waals surface area contributed by atoms with Crippen molar-refractivity contribution in [2.45, 2.75) is 58.3 Å². The third kappa shape index (κ3) is 7.28. The Morgan fingerprint density at radius 1 is 1.14 bits per heavy atom. The normalized spacial score (nSPS) is 10.9. The predicted octanol–water partition coefficient (Wildman–Crippen LogP) is 3.72. The van der Waals surface area contributed by atoms with Crippen LogP contribution in [0.4, 0.5) is 0 Å². The van der Waals surface area contributed by atoms with E-state index in [4.69, 9.17) is 5.73 Å². The quantitative estimate of drug-likeness (QED) is 0.679. The van der Waals surface area contributed by atoms with Gasteiger partial charge in [0.2, 0.25) is 5.91 Å². The van der Waals surface area contributed by atoms with E-state index >= 15 is 0 Å². The molecule has 1 aromatic rings. The molecule has 0 radical (unpaired) electrons. The van der Waals surface area contributed by atoms with E-state index in [2.05, 4.69) is 50.4 Å². The first-order valence-corrected chi connectivity index (χ1v) is 8.00. The van der Waals surface area contributed by atoms with Gasteiger partial charge >= 0.3 is 0 Å². The second kappa shape index (κ2) is 10.6. The van der Waals surface area contributed by atoms with Gasteiger partial charge in [0.05, 0.1) is 0 Å². The summed E-state index contributed by atoms with van der Waals surface area (Å²) in [5.41, 5.74) is 7.99. The summed E-state index contributed by atoms with van der Waals surface area (Å²) >= 11 is 0. The van der Waals surface area contributed by atoms with Crippen molar-refractivity contribution in [2.24, 2.45) is 5.73 Å². The van der Waals surface area contributed by atoms with Crippen molar-refractivity contribution in [1.29, 1.82) is 0 Å². The zero-order chi connectivity index (χ0) is 15.7. The van der Waals surface area contributed by atoms with Gasteiger partial charge in [-0.15, -0.1) is 12.4 Å². The van der Waals surface area contributed by atoms with Crippen LogP contribution in [-0.2, 0) is 10.2 Å². The van der Waals surface area contributed by atoms with E-state index in [0.29, 0.717) is 13.0 Å². The lowest BCUT2D eigenvalue weighted by Gasteiger charge is -2.27. The highest BCUT2D eigenvalue weighted by molar-refractivity contribution is 5.85. The molecule has 3 nitrogen and oxygen atoms in total. The van der Waals surface area contributed by atoms with Gasteiger partial charge in [-0.05, 0) is 37.4 Å². The van der Waals surface area contributed by atoms with E-state index < -0.39 is 0 Å². The molecule has 0 aliphatic carbocycles. The molecule has 0 saturated heterocycles. The number of benzene rings is 1. The number of hydrogen-bond acceptors (Lipinski definition) is 2. The number of nitrogens with one attached hydrogen (secondary N) is 1. The molecule has 3 N–H and O–H groups in total. The monoisotopic (exact) mass is 326 g/mol. The lowest BCUT2D eigenvalue weighted by atomic mass is 9.82. The lowest BCUT2D eigenvalue weighted by molar-refractivity contribution is -0.121. The van der Waals surface area contributed by atoms with Crippen LogP contribution in [-0.4, -0.2) is 19.0 Å². The lowest BCUT2D eigenvalue weighted by Crippen LogP contribution is -2.37. The largest absolute Gasteiger partial charge is 0.355 e. The standard InChI is InChI=1S/C18H30N2O.ClH/c1-15-10-7-8-11-16(15)18(2,3)14-20-17(21)12-6-4-5-9-13-19;/h7-8,10-11H,4-6,9,12-14,19H2,1-3H3,(H,20,21);1H. The molecule has 0 fully saturated rings. The van der Waals surface area contributed by atoms with E-state index in [1.54, 1.807) is 0 Å². The fourth-order valence-electron chi connectivity index (χ4n) is 2.62. The molecule has 0 bridgehead atoms. The maximum absolute atomic E-state index is 11.9. The number of rotatable bonds is 9. The van der Waals surface area contributed by atoms with Gasteiger partial charge in [-0.25, -0.2) is 0 Å². The Balaban J connectivity index is 0.00000441. The van der Waals surface area contributed by atoms with E-state index in [-0.39, 0.29) is 23.7 Å². The minimum Gasteiger partial charge on any atom is -0.355 e. The van der Waals surface area contributed by atoms with Crippen LogP contribution in [0.25, 0.3) is 0 Å². The summed E-state index contributed by atoms with van der Waals surface area (Å²) in [5.74, 6) is 0.157. The number of aryl methyl sites for hydroxylation is 1. The van der Waals surface area contributed by atoms with Crippen molar-refractivity contribution >= 4 is 18.3 Å². The van der Waals surface area contributed by atoms with Crippen molar-refractivity contribution < 1.29 is 4.79 Å². The highest BCUT2D eigenvalue weighted by Gasteiger charge is 2.22. The number of nitrogens with two attached hydrogens (primary N) is 1. The van der Waals surface area contributed by atoms with Crippen LogP contribution < -0.4 is 11.1 Å². The second-order valence-electron chi connectivity index (χ2n) is 6.43. The van der Waals surface area contributed by atoms with Gasteiger partial charge in [-0.1, -0.05) is 51.0 Å². The SMILES string of the molecule is Cc1ccccc1C(C)(C)CNC(=O)CCCCCCN.Cl. The number of amides is 1. The van der Waals surface area contributed by atoms with Crippen molar-refractivity contribution in [1.82, 2.24) is 5.32 Å². The van der Waals surface area contributed by atoms with E-state index in [0.717, 1.165) is 32.2 Å². The van der Waals surface area contributed by atoms with Crippen LogP contribution in [0.1, 0.15) is 57.1 Å². The number of hydrogen-bond donors (Lipinski definition) is 2. The summed E-state index contributed by atoms with van der Waals surface area (Å²) < 4.78 is 0. The van der Waals surface area contributed by atoms with Crippen LogP contribution in [0.15, 0.2) is 24.3 Å². The Kier molecular flexibility index (Phi) is 10.1. The first-order chi connectivity index (χ1) is 9.97. The third-order valence-electron chi connectivity index (χ3n) is 3.96. The average Bonchev–Trinajstić information content (AvgIpc) is 2.45. The van der Waals surface area contributed by atoms with Crippen LogP contribution in [0.2, 0.25) is 0 Å². The van der Waals surface area contributed by atoms with Crippen molar-refractivity contribution in [3.63, 3.8) is 0 Å². The molecule has 22 heavy (non-hydrogen) atoms. The molecule has 1 amide bonds. The summed E-state index contributed by atoms with van der Waals surface area (Å²) in [4.78, 5) is 11.9. The van der Waals surface area contributed by atoms with Gasteiger partial charge in [0.25, 0.3) is 0 Å². The molecule has 0 aromatic heterocycles. The predicted molar refractivity (Wildman–Crippen MR) is 96.6 cm³/mol. The Bertz CT molecular complexity index is 446. The Hall–Kier alpha value is -1.06. The van der Waals surface area contributed by atoms with Crippen LogP contribution in [0, 0.1) is 6.92 Å². The maximum Gasteiger partial charge on any atom is 0.220 e. The number of halogens is 1. The number of carbonyl (C=O) groups excluding carboxylic acids is 1. The summed E-state index contributed by atoms with van der Waals surface area (Å²) in [6, 6.07) is 8.38. The number of unbranched alkanes of at least 4 members (excludes halogenated alkanes) is 3. The first kappa shape index (κ1) is 20.9. The topological polar surface area (TPSA) is 55.1 Å². The molecule has 0 atom stereocenters. The molecular weight excluding hydrogens is 296 g/mol. The van der Waals surface area contributed by atoms with E-state index in [9.17, 15) is 4.79 Å². The minimum absolute atomic E-state index is 0. The number of carbonyl (C=O) groups is 1. The molecule has 0 saturated carbocycles. The molecule has 126 valence electrons. The average molecular weight is 327 g/mol. The van der Waals surface area contributed by atoms with Gasteiger partial charge in [0.15, 0.2) is 0 Å². The summed E-state index contributed by atoms with van der Waals surface area (Å²) in [6.45, 7) is 7.90. The molecule has 0 unspecified atom stereocenters. The van der Waals surface area contributed by atoms with Crippen LogP contribution in [0.5, 0.6) is 0 Å². The van der Waals surface area contributed by atoms with Gasteiger partial charge < -0.3 is 11.1 Å². The smallest absolute Gasteiger partial charge is 0.220 e. The van der Waals surface area contributed by atoms with Crippen LogP contribution >= 0.6 is 12.4 Å². The molecule has 4 heteroatoms. The van der Waals surface area contributed by atoms with Crippen molar-refractivity contribution in [3.8, 4) is 0 Å². The highest BCUT2D eigenvalue weighted by Crippen LogP contribution is 2.25. The Morgan fingerprint density at radius 3 is 2.41 bits per heavy atom. The van der Waals surface area contributed by atoms with E-state index in [1.165, 1.54) is 11.1 Å². The summed E-state index contributed by atoms with van der Waals surface area (Å²) in [5, 5.41) is 3.08. The minimum atomic E-state index is -0.0411. The van der Waals surface area contributed by atoms with Gasteiger partial charge in [0, 0.05) is 18.4 Å². The summed E-state index contributed by atoms with van der Waals surface area (Å²) in [7, 11) is 0. The van der Waals surface area contributed by atoms with Gasteiger partial charge in [0.1, 0.15) is 0 Å². The van der Waals surface area contributed by atoms with Crippen molar-refractivity contribution in [3.05, 3.63) is 35.4 Å². The van der Waals surface area contributed by atoms with Gasteiger partial charge in [-0.3, -0.25) is 4.79 Å².